The molecule has 0 saturated carbocycles. The molecule has 0 aliphatic carbocycles. The summed E-state index contributed by atoms with van der Waals surface area (Å²) in [6.07, 6.45) is -1.57. The zero-order valence-electron chi connectivity index (χ0n) is 9.01. The topological polar surface area (TPSA) is 86.6 Å². The van der Waals surface area contributed by atoms with Gasteiger partial charge in [0.2, 0.25) is 5.91 Å². The molecule has 0 aromatic heterocycles. The Kier molecular flexibility index (Phi) is 3.08. The van der Waals surface area contributed by atoms with E-state index in [1.54, 1.807) is 19.1 Å². The Hall–Kier alpha value is -1.53. The summed E-state index contributed by atoms with van der Waals surface area (Å²) < 4.78 is 0. The lowest BCUT2D eigenvalue weighted by atomic mass is 10.1. The summed E-state index contributed by atoms with van der Waals surface area (Å²) in [5, 5.41) is 20.6. The molecule has 6 heteroatoms. The van der Waals surface area contributed by atoms with E-state index in [1.165, 1.54) is 17.8 Å². The van der Waals surface area contributed by atoms with Crippen LogP contribution in [0.15, 0.2) is 23.1 Å². The minimum absolute atomic E-state index is 0.121. The summed E-state index contributed by atoms with van der Waals surface area (Å²) in [6, 6.07) is 4.75. The number of carbonyl (C=O) groups is 2. The summed E-state index contributed by atoms with van der Waals surface area (Å²) in [4.78, 5) is 23.0. The van der Waals surface area contributed by atoms with E-state index in [2.05, 4.69) is 5.32 Å². The molecule has 90 valence electrons. The lowest BCUT2D eigenvalue weighted by molar-refractivity contribution is -0.146. The number of fused-ring (bicyclic) bond motifs is 1. The first-order chi connectivity index (χ1) is 7.99. The summed E-state index contributed by atoms with van der Waals surface area (Å²) in [5.74, 6) is -1.43. The van der Waals surface area contributed by atoms with Crippen LogP contribution < -0.4 is 5.32 Å². The zero-order valence-corrected chi connectivity index (χ0v) is 9.82. The monoisotopic (exact) mass is 253 g/mol. The first-order valence-electron chi connectivity index (χ1n) is 5.01. The molecule has 2 unspecified atom stereocenters. The van der Waals surface area contributed by atoms with E-state index >= 15 is 0 Å². The van der Waals surface area contributed by atoms with Crippen LogP contribution in [0.1, 0.15) is 18.6 Å². The third-order valence-corrected chi connectivity index (χ3v) is 3.66. The van der Waals surface area contributed by atoms with Crippen molar-refractivity contribution in [3.63, 3.8) is 0 Å². The number of carboxylic acid groups (broad SMARTS) is 1. The number of hydrogen-bond donors (Lipinski definition) is 3. The number of hydrogen-bond acceptors (Lipinski definition) is 4. The van der Waals surface area contributed by atoms with Crippen LogP contribution in [0.5, 0.6) is 0 Å². The van der Waals surface area contributed by atoms with Crippen molar-refractivity contribution in [1.82, 2.24) is 0 Å². The second-order valence-electron chi connectivity index (χ2n) is 3.75. The average molecular weight is 253 g/mol. The lowest BCUT2D eigenvalue weighted by Crippen LogP contribution is -2.26. The van der Waals surface area contributed by atoms with Crippen molar-refractivity contribution >= 4 is 29.3 Å². The fourth-order valence-corrected chi connectivity index (χ4v) is 2.47. The van der Waals surface area contributed by atoms with Crippen molar-refractivity contribution in [2.45, 2.75) is 23.2 Å². The Labute approximate surface area is 102 Å². The number of amides is 1. The van der Waals surface area contributed by atoms with Gasteiger partial charge in [0.25, 0.3) is 0 Å². The molecule has 0 radical (unpaired) electrons. The number of carbonyl (C=O) groups excluding carboxylic acids is 1. The van der Waals surface area contributed by atoms with E-state index in [-0.39, 0.29) is 16.7 Å². The van der Waals surface area contributed by atoms with Gasteiger partial charge in [-0.15, -0.1) is 11.8 Å². The van der Waals surface area contributed by atoms with Crippen LogP contribution in [-0.4, -0.2) is 27.3 Å². The molecule has 1 heterocycles. The minimum Gasteiger partial charge on any atom is -0.479 e. The Balaban J connectivity index is 2.35. The van der Waals surface area contributed by atoms with E-state index in [1.807, 2.05) is 0 Å². The fraction of sp³-hybridized carbons (Fsp3) is 0.273. The van der Waals surface area contributed by atoms with Crippen LogP contribution in [0.4, 0.5) is 5.69 Å². The summed E-state index contributed by atoms with van der Waals surface area (Å²) >= 11 is 1.41. The highest BCUT2D eigenvalue weighted by molar-refractivity contribution is 8.00. The number of rotatable bonds is 2. The second-order valence-corrected chi connectivity index (χ2v) is 5.13. The molecule has 17 heavy (non-hydrogen) atoms. The minimum atomic E-state index is -1.57. The number of anilines is 1. The Bertz CT molecular complexity index is 488. The Morgan fingerprint density at radius 2 is 2.24 bits per heavy atom. The summed E-state index contributed by atoms with van der Waals surface area (Å²) in [5.41, 5.74) is 0.808. The first-order valence-corrected chi connectivity index (χ1v) is 5.89. The number of aliphatic carboxylic acids is 1. The predicted octanol–water partition coefficient (Wildman–Crippen LogP) is 1.24. The average Bonchev–Trinajstić information content (AvgIpc) is 2.29. The van der Waals surface area contributed by atoms with Crippen molar-refractivity contribution in [3.05, 3.63) is 23.8 Å². The highest BCUT2D eigenvalue weighted by Crippen LogP contribution is 2.36. The van der Waals surface area contributed by atoms with E-state index in [9.17, 15) is 14.7 Å². The SMILES string of the molecule is CC1Sc2ccc(C(O)C(=O)O)cc2NC1=O. The molecule has 5 nitrogen and oxygen atoms in total. The molecule has 1 aromatic carbocycles. The third-order valence-electron chi connectivity index (χ3n) is 2.48. The third kappa shape index (κ3) is 2.27. The van der Waals surface area contributed by atoms with Gasteiger partial charge in [-0.2, -0.15) is 0 Å². The summed E-state index contributed by atoms with van der Waals surface area (Å²) in [7, 11) is 0. The summed E-state index contributed by atoms with van der Waals surface area (Å²) in [6.45, 7) is 1.79. The zero-order chi connectivity index (χ0) is 12.6. The second kappa shape index (κ2) is 4.38. The van der Waals surface area contributed by atoms with Gasteiger partial charge in [0, 0.05) is 4.90 Å². The molecule has 1 amide bonds. The van der Waals surface area contributed by atoms with Crippen LogP contribution >= 0.6 is 11.8 Å². The highest BCUT2D eigenvalue weighted by Gasteiger charge is 2.24. The van der Waals surface area contributed by atoms with Crippen molar-refractivity contribution in [1.29, 1.82) is 0 Å². The number of carboxylic acids is 1. The maximum Gasteiger partial charge on any atom is 0.337 e. The van der Waals surface area contributed by atoms with Crippen molar-refractivity contribution in [2.24, 2.45) is 0 Å². The largest absolute Gasteiger partial charge is 0.479 e. The molecule has 0 spiro atoms. The van der Waals surface area contributed by atoms with Gasteiger partial charge < -0.3 is 15.5 Å². The molecule has 0 saturated heterocycles. The number of aliphatic hydroxyl groups is 1. The van der Waals surface area contributed by atoms with Crippen LogP contribution in [0.3, 0.4) is 0 Å². The van der Waals surface area contributed by atoms with E-state index < -0.39 is 12.1 Å². The van der Waals surface area contributed by atoms with Gasteiger partial charge in [0.15, 0.2) is 6.10 Å². The van der Waals surface area contributed by atoms with Crippen molar-refractivity contribution in [3.8, 4) is 0 Å². The molecule has 1 aromatic rings. The van der Waals surface area contributed by atoms with Gasteiger partial charge in [-0.1, -0.05) is 6.07 Å². The van der Waals surface area contributed by atoms with Crippen LogP contribution in [-0.2, 0) is 9.59 Å². The molecule has 2 atom stereocenters. The molecule has 1 aliphatic rings. The molecule has 0 fully saturated rings. The van der Waals surface area contributed by atoms with E-state index in [4.69, 9.17) is 5.11 Å². The van der Waals surface area contributed by atoms with Crippen LogP contribution in [0.2, 0.25) is 0 Å². The molecular weight excluding hydrogens is 242 g/mol. The number of nitrogens with one attached hydrogen (secondary N) is 1. The smallest absolute Gasteiger partial charge is 0.337 e. The molecule has 1 aliphatic heterocycles. The van der Waals surface area contributed by atoms with Crippen molar-refractivity contribution < 1.29 is 19.8 Å². The molecule has 2 rings (SSSR count). The van der Waals surface area contributed by atoms with Gasteiger partial charge in [-0.25, -0.2) is 4.79 Å². The normalized spacial score (nSPS) is 20.4. The van der Waals surface area contributed by atoms with E-state index in [0.717, 1.165) is 4.90 Å². The predicted molar refractivity (Wildman–Crippen MR) is 63.0 cm³/mol. The Morgan fingerprint density at radius 3 is 2.88 bits per heavy atom. The van der Waals surface area contributed by atoms with Crippen molar-refractivity contribution in [2.75, 3.05) is 5.32 Å². The van der Waals surface area contributed by atoms with Gasteiger partial charge >= 0.3 is 5.97 Å². The molecule has 3 N–H and O–H groups in total. The number of benzene rings is 1. The maximum atomic E-state index is 11.5. The number of aliphatic hydroxyl groups excluding tert-OH is 1. The number of thioether (sulfide) groups is 1. The van der Waals surface area contributed by atoms with Crippen LogP contribution in [0, 0.1) is 0 Å². The fourth-order valence-electron chi connectivity index (χ4n) is 1.54. The Morgan fingerprint density at radius 1 is 1.53 bits per heavy atom. The molecular formula is C11H11NO4S. The van der Waals surface area contributed by atoms with Gasteiger partial charge in [-0.05, 0) is 24.6 Å². The lowest BCUT2D eigenvalue weighted by Gasteiger charge is -2.22. The van der Waals surface area contributed by atoms with Gasteiger partial charge in [-0.3, -0.25) is 4.79 Å². The van der Waals surface area contributed by atoms with Gasteiger partial charge in [0.05, 0.1) is 10.9 Å². The van der Waals surface area contributed by atoms with Crippen LogP contribution in [0.25, 0.3) is 0 Å². The molecule has 0 bridgehead atoms. The standard InChI is InChI=1S/C11H11NO4S/c1-5-10(14)12-7-4-6(9(13)11(15)16)2-3-8(7)17-5/h2-5,9,13H,1H3,(H,12,14)(H,15,16). The quantitative estimate of drug-likeness (QED) is 0.738. The van der Waals surface area contributed by atoms with Gasteiger partial charge in [0.1, 0.15) is 0 Å². The van der Waals surface area contributed by atoms with E-state index in [0.29, 0.717) is 5.69 Å². The first kappa shape index (κ1) is 11.9. The maximum absolute atomic E-state index is 11.5. The highest BCUT2D eigenvalue weighted by atomic mass is 32.2.